The van der Waals surface area contributed by atoms with Gasteiger partial charge in [-0.3, -0.25) is 0 Å². The van der Waals surface area contributed by atoms with Gasteiger partial charge < -0.3 is 9.32 Å². The fourth-order valence-electron chi connectivity index (χ4n) is 11.9. The van der Waals surface area contributed by atoms with Crippen LogP contribution in [-0.2, 0) is 5.41 Å². The highest BCUT2D eigenvalue weighted by Gasteiger charge is 2.46. The summed E-state index contributed by atoms with van der Waals surface area (Å²) in [7, 11) is 0. The summed E-state index contributed by atoms with van der Waals surface area (Å²) in [6.07, 6.45) is 7.80. The van der Waals surface area contributed by atoms with Crippen LogP contribution < -0.4 is 4.90 Å². The quantitative estimate of drug-likeness (QED) is 0.151. The molecule has 14 rings (SSSR count). The Balaban J connectivity index is 0.876. The predicted molar refractivity (Wildman–Crippen MR) is 300 cm³/mol. The van der Waals surface area contributed by atoms with Crippen LogP contribution in [0.4, 0.5) is 17.1 Å². The van der Waals surface area contributed by atoms with Gasteiger partial charge in [-0.05, 0) is 110 Å². The number of para-hydroxylation sites is 2. The van der Waals surface area contributed by atoms with Crippen LogP contribution in [0.5, 0.6) is 0 Å². The Bertz CT molecular complexity index is 4020. The summed E-state index contributed by atoms with van der Waals surface area (Å²) in [6, 6.07) is 84.9. The maximum atomic E-state index is 6.47. The number of rotatable bonds is 8. The average Bonchev–Trinajstić information content (AvgIpc) is 4.12. The van der Waals surface area contributed by atoms with Crippen LogP contribution in [0.1, 0.15) is 41.2 Å². The number of hydrogen-bond donors (Lipinski definition) is 0. The van der Waals surface area contributed by atoms with E-state index in [9.17, 15) is 0 Å². The molecular weight excluding hydrogens is 879 g/mol. The smallest absolute Gasteiger partial charge is 0.143 e. The van der Waals surface area contributed by atoms with Gasteiger partial charge in [-0.2, -0.15) is 0 Å². The molecule has 2 nitrogen and oxygen atoms in total. The van der Waals surface area contributed by atoms with Crippen LogP contribution in [0, 0.1) is 5.92 Å². The van der Waals surface area contributed by atoms with Crippen molar-refractivity contribution < 1.29 is 4.42 Å². The van der Waals surface area contributed by atoms with Gasteiger partial charge >= 0.3 is 0 Å². The third kappa shape index (κ3) is 6.54. The van der Waals surface area contributed by atoms with E-state index in [1.807, 2.05) is 23.5 Å². The molecule has 0 N–H and O–H groups in total. The van der Waals surface area contributed by atoms with E-state index >= 15 is 0 Å². The standard InChI is InChI=1S/C68H47NOS/c1-44-15-12-16-48(43-44)45-29-35-51(36-30-45)69(52-37-31-46(32-38-52)54-23-13-25-57-56-21-9-11-28-63(56)70-65(54)57)53-39-33-47(34-40-53)55-24-14-26-58-59-41-42-62-64(67(59)71-66(55)58)60-22-8-10-27-61(60)68(62,49-17-4-2-5-18-49)50-19-6-3-7-20-50/h2-42,44H,43H2,1H3. The van der Waals surface area contributed by atoms with Gasteiger partial charge in [0.25, 0.3) is 0 Å². The van der Waals surface area contributed by atoms with Crippen molar-refractivity contribution in [2.24, 2.45) is 5.92 Å². The first-order valence-corrected chi connectivity index (χ1v) is 25.5. The lowest BCUT2D eigenvalue weighted by molar-refractivity contribution is 0.670. The zero-order valence-corrected chi connectivity index (χ0v) is 40.0. The molecule has 0 saturated heterocycles. The van der Waals surface area contributed by atoms with E-state index in [1.54, 1.807) is 0 Å². The van der Waals surface area contributed by atoms with Crippen LogP contribution in [0.15, 0.2) is 253 Å². The van der Waals surface area contributed by atoms with Gasteiger partial charge in [0.2, 0.25) is 0 Å². The van der Waals surface area contributed by atoms with E-state index in [1.165, 1.54) is 75.8 Å². The Morgan fingerprint density at radius 3 is 1.69 bits per heavy atom. The van der Waals surface area contributed by atoms with Gasteiger partial charge in [-0.15, -0.1) is 11.3 Å². The van der Waals surface area contributed by atoms with Crippen molar-refractivity contribution in [1.29, 1.82) is 0 Å². The summed E-state index contributed by atoms with van der Waals surface area (Å²) in [5.41, 5.74) is 19.9. The van der Waals surface area contributed by atoms with E-state index in [0.717, 1.165) is 56.5 Å². The van der Waals surface area contributed by atoms with Crippen molar-refractivity contribution in [2.45, 2.75) is 18.8 Å². The molecule has 2 heterocycles. The lowest BCUT2D eigenvalue weighted by atomic mass is 9.68. The molecule has 0 saturated carbocycles. The van der Waals surface area contributed by atoms with Gasteiger partial charge in [0.15, 0.2) is 0 Å². The molecule has 71 heavy (non-hydrogen) atoms. The highest BCUT2D eigenvalue weighted by molar-refractivity contribution is 7.27. The molecule has 1 atom stereocenters. The number of benzene rings is 10. The van der Waals surface area contributed by atoms with Gasteiger partial charge in [0.1, 0.15) is 11.2 Å². The predicted octanol–water partition coefficient (Wildman–Crippen LogP) is 19.1. The number of furan rings is 1. The summed E-state index contributed by atoms with van der Waals surface area (Å²) in [6.45, 7) is 2.29. The van der Waals surface area contributed by atoms with Crippen molar-refractivity contribution in [3.63, 3.8) is 0 Å². The molecule has 0 spiro atoms. The molecule has 1 unspecified atom stereocenters. The molecule has 2 aliphatic carbocycles. The normalized spacial score (nSPS) is 14.8. The molecule has 3 heteroatoms. The summed E-state index contributed by atoms with van der Waals surface area (Å²) in [4.78, 5) is 2.38. The second-order valence-electron chi connectivity index (χ2n) is 19.2. The second kappa shape index (κ2) is 16.6. The van der Waals surface area contributed by atoms with Crippen molar-refractivity contribution in [1.82, 2.24) is 0 Å². The summed E-state index contributed by atoms with van der Waals surface area (Å²) in [5.74, 6) is 0.531. The van der Waals surface area contributed by atoms with E-state index in [2.05, 4.69) is 248 Å². The minimum absolute atomic E-state index is 0.435. The highest BCUT2D eigenvalue weighted by atomic mass is 32.1. The van der Waals surface area contributed by atoms with E-state index in [0.29, 0.717) is 5.92 Å². The number of fused-ring (bicyclic) bond motifs is 10. The molecular formula is C68H47NOS. The van der Waals surface area contributed by atoms with Crippen LogP contribution in [-0.4, -0.2) is 0 Å². The number of hydrogen-bond acceptors (Lipinski definition) is 3. The monoisotopic (exact) mass is 925 g/mol. The Morgan fingerprint density at radius 2 is 1.00 bits per heavy atom. The van der Waals surface area contributed by atoms with Crippen LogP contribution in [0.3, 0.4) is 0 Å². The summed E-state index contributed by atoms with van der Waals surface area (Å²) in [5, 5.41) is 4.87. The Kier molecular flexibility index (Phi) is 9.69. The Hall–Kier alpha value is -8.50. The third-order valence-electron chi connectivity index (χ3n) is 15.1. The van der Waals surface area contributed by atoms with Crippen LogP contribution in [0.25, 0.3) is 81.1 Å². The first-order valence-electron chi connectivity index (χ1n) is 24.7. The van der Waals surface area contributed by atoms with Crippen LogP contribution in [0.2, 0.25) is 0 Å². The zero-order chi connectivity index (χ0) is 47.0. The number of thiophene rings is 1. The molecule has 2 aromatic heterocycles. The molecule has 10 aromatic carbocycles. The molecule has 0 amide bonds. The van der Waals surface area contributed by atoms with Crippen molar-refractivity contribution >= 4 is 76.1 Å². The minimum Gasteiger partial charge on any atom is -0.455 e. The second-order valence-corrected chi connectivity index (χ2v) is 20.2. The van der Waals surface area contributed by atoms with Gasteiger partial charge in [-0.25, -0.2) is 0 Å². The summed E-state index contributed by atoms with van der Waals surface area (Å²) >= 11 is 1.94. The van der Waals surface area contributed by atoms with Gasteiger partial charge in [0, 0.05) is 59.1 Å². The van der Waals surface area contributed by atoms with Crippen molar-refractivity contribution in [2.75, 3.05) is 4.90 Å². The fourth-order valence-corrected chi connectivity index (χ4v) is 13.3. The minimum atomic E-state index is -0.435. The molecule has 0 fully saturated rings. The summed E-state index contributed by atoms with van der Waals surface area (Å²) < 4.78 is 9.12. The number of allylic oxidation sites excluding steroid dienone is 4. The average molecular weight is 926 g/mol. The topological polar surface area (TPSA) is 16.4 Å². The first kappa shape index (κ1) is 41.5. The van der Waals surface area contributed by atoms with Crippen molar-refractivity contribution in [3.8, 4) is 33.4 Å². The first-order chi connectivity index (χ1) is 35.1. The SMILES string of the molecule is CC1C=CC=C(c2ccc(N(c3ccc(-c4cccc5c4oc4ccccc45)cc3)c3ccc(-c4cccc5c4sc4c6c(ccc45)C(c4ccccc4)(c4ccccc4)c4ccccc4-6)cc3)cc2)C1. The van der Waals surface area contributed by atoms with Gasteiger partial charge in [0.05, 0.1) is 5.41 Å². The molecule has 2 aliphatic rings. The number of nitrogens with zero attached hydrogens (tertiary/aromatic N) is 1. The number of anilines is 3. The maximum absolute atomic E-state index is 6.47. The van der Waals surface area contributed by atoms with E-state index in [-0.39, 0.29) is 0 Å². The molecule has 0 aliphatic heterocycles. The fraction of sp³-hybridized carbons (Fsp3) is 0.0588. The molecule has 0 radical (unpaired) electrons. The Labute approximate surface area is 417 Å². The largest absolute Gasteiger partial charge is 0.455 e. The van der Waals surface area contributed by atoms with E-state index in [4.69, 9.17) is 4.42 Å². The molecule has 336 valence electrons. The van der Waals surface area contributed by atoms with Crippen LogP contribution >= 0.6 is 11.3 Å². The zero-order valence-electron chi connectivity index (χ0n) is 39.2. The third-order valence-corrected chi connectivity index (χ3v) is 16.4. The van der Waals surface area contributed by atoms with Gasteiger partial charge in [-0.1, -0.05) is 213 Å². The Morgan fingerprint density at radius 1 is 0.451 bits per heavy atom. The molecule has 0 bridgehead atoms. The maximum Gasteiger partial charge on any atom is 0.143 e. The highest BCUT2D eigenvalue weighted by Crippen LogP contribution is 2.59. The lowest BCUT2D eigenvalue weighted by Crippen LogP contribution is -2.28. The van der Waals surface area contributed by atoms with E-state index < -0.39 is 5.41 Å². The van der Waals surface area contributed by atoms with Crippen molar-refractivity contribution in [3.05, 3.63) is 277 Å². The molecule has 12 aromatic rings. The lowest BCUT2D eigenvalue weighted by Gasteiger charge is -2.33.